The molecule has 29 heavy (non-hydrogen) atoms. The molecule has 0 spiro atoms. The second-order valence-electron chi connectivity index (χ2n) is 6.88. The van der Waals surface area contributed by atoms with Crippen LogP contribution in [-0.2, 0) is 22.4 Å². The first kappa shape index (κ1) is 19.5. The van der Waals surface area contributed by atoms with Gasteiger partial charge in [0.2, 0.25) is 5.89 Å². The van der Waals surface area contributed by atoms with Crippen molar-refractivity contribution < 1.29 is 18.7 Å². The van der Waals surface area contributed by atoms with Crippen molar-refractivity contribution in [2.24, 2.45) is 0 Å². The molecule has 150 valence electrons. The molecule has 0 N–H and O–H groups in total. The number of rotatable bonds is 7. The maximum Gasteiger partial charge on any atom is 0.317 e. The monoisotopic (exact) mass is 410 g/mol. The van der Waals surface area contributed by atoms with Crippen molar-refractivity contribution >= 4 is 17.7 Å². The fourth-order valence-electron chi connectivity index (χ4n) is 3.31. The SMILES string of the molecule is COc1ccc(-c2nnc([C@@H](C)OC(=O)CSc3ccc4c(c3)CCC4)o2)cc1. The predicted molar refractivity (Wildman–Crippen MR) is 110 cm³/mol. The summed E-state index contributed by atoms with van der Waals surface area (Å²) in [6, 6.07) is 13.7. The van der Waals surface area contributed by atoms with Gasteiger partial charge >= 0.3 is 5.97 Å². The number of aryl methyl sites for hydroxylation is 2. The average Bonchev–Trinajstić information content (AvgIpc) is 3.41. The van der Waals surface area contributed by atoms with Crippen LogP contribution in [0.4, 0.5) is 0 Å². The minimum absolute atomic E-state index is 0.239. The highest BCUT2D eigenvalue weighted by atomic mass is 32.2. The van der Waals surface area contributed by atoms with E-state index < -0.39 is 6.10 Å². The van der Waals surface area contributed by atoms with Gasteiger partial charge in [-0.25, -0.2) is 0 Å². The molecule has 4 rings (SSSR count). The number of aromatic nitrogens is 2. The maximum atomic E-state index is 12.2. The van der Waals surface area contributed by atoms with Crippen molar-refractivity contribution in [2.45, 2.75) is 37.2 Å². The van der Waals surface area contributed by atoms with Crippen LogP contribution < -0.4 is 4.74 Å². The molecule has 3 aromatic rings. The molecule has 1 atom stereocenters. The largest absolute Gasteiger partial charge is 0.497 e. The van der Waals surface area contributed by atoms with Gasteiger partial charge in [0.1, 0.15) is 5.75 Å². The Hall–Kier alpha value is -2.80. The standard InChI is InChI=1S/C22H22N2O4S/c1-14(21-23-24-22(28-21)16-6-9-18(26-2)10-7-16)27-20(25)13-29-19-11-8-15-4-3-5-17(15)12-19/h6-12,14H,3-5,13H2,1-2H3/t14-/m1/s1. The fourth-order valence-corrected chi connectivity index (χ4v) is 4.05. The van der Waals surface area contributed by atoms with Gasteiger partial charge in [0.15, 0.2) is 6.10 Å². The third-order valence-corrected chi connectivity index (χ3v) is 5.83. The third kappa shape index (κ3) is 4.62. The number of benzene rings is 2. The number of methoxy groups -OCH3 is 1. The smallest absolute Gasteiger partial charge is 0.317 e. The van der Waals surface area contributed by atoms with E-state index in [9.17, 15) is 4.79 Å². The topological polar surface area (TPSA) is 74.5 Å². The summed E-state index contributed by atoms with van der Waals surface area (Å²) in [5.74, 6) is 1.32. The molecule has 1 aromatic heterocycles. The van der Waals surface area contributed by atoms with Crippen molar-refractivity contribution in [1.82, 2.24) is 10.2 Å². The summed E-state index contributed by atoms with van der Waals surface area (Å²) in [5.41, 5.74) is 3.60. The average molecular weight is 410 g/mol. The number of esters is 1. The number of carbonyl (C=O) groups excluding carboxylic acids is 1. The van der Waals surface area contributed by atoms with Gasteiger partial charge in [0, 0.05) is 10.5 Å². The third-order valence-electron chi connectivity index (χ3n) is 4.86. The Bertz CT molecular complexity index is 1000. The molecule has 0 radical (unpaired) electrons. The van der Waals surface area contributed by atoms with E-state index in [1.54, 1.807) is 14.0 Å². The highest BCUT2D eigenvalue weighted by Gasteiger charge is 2.19. The van der Waals surface area contributed by atoms with Crippen LogP contribution in [0.15, 0.2) is 51.8 Å². The number of fused-ring (bicyclic) bond motifs is 1. The van der Waals surface area contributed by atoms with Gasteiger partial charge in [-0.3, -0.25) is 4.79 Å². The molecule has 7 heteroatoms. The molecule has 0 unspecified atom stereocenters. The molecule has 0 saturated heterocycles. The Morgan fingerprint density at radius 3 is 2.72 bits per heavy atom. The minimum atomic E-state index is -0.609. The van der Waals surface area contributed by atoms with Crippen molar-refractivity contribution in [3.8, 4) is 17.2 Å². The molecule has 0 amide bonds. The molecule has 1 heterocycles. The minimum Gasteiger partial charge on any atom is -0.497 e. The van der Waals surface area contributed by atoms with E-state index in [0.29, 0.717) is 5.89 Å². The summed E-state index contributed by atoms with van der Waals surface area (Å²) in [7, 11) is 1.61. The molecular weight excluding hydrogens is 388 g/mol. The van der Waals surface area contributed by atoms with Gasteiger partial charge in [0.25, 0.3) is 5.89 Å². The summed E-state index contributed by atoms with van der Waals surface area (Å²) < 4.78 is 16.3. The lowest BCUT2D eigenvalue weighted by Gasteiger charge is -2.09. The Kier molecular flexibility index (Phi) is 5.85. The second-order valence-corrected chi connectivity index (χ2v) is 7.93. The zero-order valence-electron chi connectivity index (χ0n) is 16.4. The normalized spacial score (nSPS) is 13.7. The quantitative estimate of drug-likeness (QED) is 0.415. The van der Waals surface area contributed by atoms with Crippen LogP contribution in [0, 0.1) is 0 Å². The lowest BCUT2D eigenvalue weighted by molar-refractivity contribution is -0.146. The van der Waals surface area contributed by atoms with Gasteiger partial charge in [0.05, 0.1) is 12.9 Å². The molecule has 0 fully saturated rings. The van der Waals surface area contributed by atoms with E-state index in [1.807, 2.05) is 24.3 Å². The summed E-state index contributed by atoms with van der Waals surface area (Å²) >= 11 is 1.48. The van der Waals surface area contributed by atoms with Crippen molar-refractivity contribution in [2.75, 3.05) is 12.9 Å². The number of hydrogen-bond acceptors (Lipinski definition) is 7. The van der Waals surface area contributed by atoms with Gasteiger partial charge in [-0.05, 0) is 73.7 Å². The van der Waals surface area contributed by atoms with E-state index in [1.165, 1.54) is 29.3 Å². The van der Waals surface area contributed by atoms with Gasteiger partial charge in [-0.1, -0.05) is 6.07 Å². The van der Waals surface area contributed by atoms with E-state index in [-0.39, 0.29) is 17.6 Å². The van der Waals surface area contributed by atoms with Gasteiger partial charge in [-0.2, -0.15) is 0 Å². The van der Waals surface area contributed by atoms with Gasteiger partial charge in [-0.15, -0.1) is 22.0 Å². The van der Waals surface area contributed by atoms with Crippen LogP contribution in [0.5, 0.6) is 5.75 Å². The Morgan fingerprint density at radius 2 is 1.93 bits per heavy atom. The summed E-state index contributed by atoms with van der Waals surface area (Å²) in [6.07, 6.45) is 2.88. The summed E-state index contributed by atoms with van der Waals surface area (Å²) in [4.78, 5) is 13.3. The van der Waals surface area contributed by atoms with Crippen LogP contribution in [0.1, 0.15) is 36.5 Å². The van der Waals surface area contributed by atoms with E-state index in [0.717, 1.165) is 29.1 Å². The van der Waals surface area contributed by atoms with Crippen molar-refractivity contribution in [1.29, 1.82) is 0 Å². The molecule has 0 aliphatic heterocycles. The molecule has 0 saturated carbocycles. The zero-order valence-corrected chi connectivity index (χ0v) is 17.2. The summed E-state index contributed by atoms with van der Waals surface area (Å²) in [5, 5.41) is 8.06. The lowest BCUT2D eigenvalue weighted by Crippen LogP contribution is -2.11. The zero-order chi connectivity index (χ0) is 20.2. The van der Waals surface area contributed by atoms with E-state index >= 15 is 0 Å². The first-order valence-corrected chi connectivity index (χ1v) is 10.5. The molecule has 2 aromatic carbocycles. The Balaban J connectivity index is 1.32. The molecule has 1 aliphatic rings. The van der Waals surface area contributed by atoms with Crippen LogP contribution in [0.25, 0.3) is 11.5 Å². The predicted octanol–water partition coefficient (Wildman–Crippen LogP) is 4.63. The Morgan fingerprint density at radius 1 is 1.14 bits per heavy atom. The number of hydrogen-bond donors (Lipinski definition) is 0. The van der Waals surface area contributed by atoms with Crippen molar-refractivity contribution in [3.05, 3.63) is 59.5 Å². The van der Waals surface area contributed by atoms with Crippen LogP contribution >= 0.6 is 11.8 Å². The maximum absolute atomic E-state index is 12.2. The highest BCUT2D eigenvalue weighted by molar-refractivity contribution is 8.00. The lowest BCUT2D eigenvalue weighted by atomic mass is 10.1. The van der Waals surface area contributed by atoms with Crippen LogP contribution in [0.3, 0.4) is 0 Å². The van der Waals surface area contributed by atoms with Gasteiger partial charge < -0.3 is 13.9 Å². The van der Waals surface area contributed by atoms with Crippen LogP contribution in [-0.4, -0.2) is 29.0 Å². The first-order valence-electron chi connectivity index (χ1n) is 9.54. The van der Waals surface area contributed by atoms with E-state index in [4.69, 9.17) is 13.9 Å². The second kappa shape index (κ2) is 8.69. The number of carbonyl (C=O) groups is 1. The van der Waals surface area contributed by atoms with Crippen molar-refractivity contribution in [3.63, 3.8) is 0 Å². The molecular formula is C22H22N2O4S. The molecule has 6 nitrogen and oxygen atoms in total. The number of nitrogens with zero attached hydrogens (tertiary/aromatic N) is 2. The fraction of sp³-hybridized carbons (Fsp3) is 0.318. The Labute approximate surface area is 173 Å². The summed E-state index contributed by atoms with van der Waals surface area (Å²) in [6.45, 7) is 1.73. The van der Waals surface area contributed by atoms with Crippen LogP contribution in [0.2, 0.25) is 0 Å². The molecule has 0 bridgehead atoms. The highest BCUT2D eigenvalue weighted by Crippen LogP contribution is 2.28. The number of thioether (sulfide) groups is 1. The first-order chi connectivity index (χ1) is 14.1. The number of ether oxygens (including phenoxy) is 2. The van der Waals surface area contributed by atoms with E-state index in [2.05, 4.69) is 28.4 Å². The molecule has 1 aliphatic carbocycles.